The molecule has 1 atom stereocenters. The molecule has 1 N–H and O–H groups in total. The van der Waals surface area contributed by atoms with Gasteiger partial charge in [0.15, 0.2) is 5.16 Å². The van der Waals surface area contributed by atoms with Gasteiger partial charge in [-0.2, -0.15) is 5.26 Å². The second-order valence-corrected chi connectivity index (χ2v) is 9.62. The largest absolute Gasteiger partial charge is 0.337 e. The molecule has 3 aromatic rings. The fraction of sp³-hybridized carbons (Fsp3) is 0.368. The van der Waals surface area contributed by atoms with Crippen molar-refractivity contribution in [1.29, 1.82) is 5.26 Å². The number of aromatic nitrogens is 2. The smallest absolute Gasteiger partial charge is 0.263 e. The van der Waals surface area contributed by atoms with Gasteiger partial charge in [0.25, 0.3) is 5.56 Å². The van der Waals surface area contributed by atoms with Gasteiger partial charge in [0.05, 0.1) is 17.2 Å². The summed E-state index contributed by atoms with van der Waals surface area (Å²) in [6.07, 6.45) is 0. The number of hydrogen-bond acceptors (Lipinski definition) is 7. The molecule has 0 saturated carbocycles. The first kappa shape index (κ1) is 20.6. The van der Waals surface area contributed by atoms with E-state index in [0.29, 0.717) is 15.4 Å². The summed E-state index contributed by atoms with van der Waals surface area (Å²) in [5.41, 5.74) is -0.148. The molecule has 146 valence electrons. The van der Waals surface area contributed by atoms with E-state index in [0.717, 1.165) is 10.4 Å². The average molecular weight is 433 g/mol. The van der Waals surface area contributed by atoms with Crippen molar-refractivity contribution in [3.05, 3.63) is 33.2 Å². The number of carbonyl (C=O) groups is 1. The van der Waals surface area contributed by atoms with E-state index in [1.165, 1.54) is 27.7 Å². The molecule has 0 fully saturated rings. The standard InChI is InChI=1S/C19H20N4O2S3/c1-11(2)19(3,10-20)22-14(24)9-28-18-21-16-15(17(25)23(18)4)12(8-27-16)13-6-5-7-26-13/h5-8,11H,9H2,1-4H3,(H,22,24). The highest BCUT2D eigenvalue weighted by atomic mass is 32.2. The molecule has 6 nitrogen and oxygen atoms in total. The van der Waals surface area contributed by atoms with E-state index in [2.05, 4.69) is 16.4 Å². The molecular weight excluding hydrogens is 412 g/mol. The fourth-order valence-electron chi connectivity index (χ4n) is 2.55. The lowest BCUT2D eigenvalue weighted by atomic mass is 9.90. The third kappa shape index (κ3) is 3.85. The van der Waals surface area contributed by atoms with Gasteiger partial charge in [-0.25, -0.2) is 4.98 Å². The van der Waals surface area contributed by atoms with Gasteiger partial charge >= 0.3 is 0 Å². The Morgan fingerprint density at radius 3 is 2.82 bits per heavy atom. The van der Waals surface area contributed by atoms with Crippen LogP contribution in [0.4, 0.5) is 0 Å². The third-order valence-corrected chi connectivity index (χ3v) is 7.48. The Morgan fingerprint density at radius 2 is 2.21 bits per heavy atom. The van der Waals surface area contributed by atoms with Gasteiger partial charge in [-0.05, 0) is 24.3 Å². The van der Waals surface area contributed by atoms with Crippen LogP contribution in [0, 0.1) is 17.2 Å². The number of nitrogens with zero attached hydrogens (tertiary/aromatic N) is 3. The minimum Gasteiger partial charge on any atom is -0.337 e. The number of thiophene rings is 2. The summed E-state index contributed by atoms with van der Waals surface area (Å²) < 4.78 is 1.48. The van der Waals surface area contributed by atoms with Gasteiger partial charge in [-0.1, -0.05) is 31.7 Å². The topological polar surface area (TPSA) is 87.8 Å². The maximum Gasteiger partial charge on any atom is 0.263 e. The third-order valence-electron chi connectivity index (χ3n) is 4.68. The van der Waals surface area contributed by atoms with Crippen molar-refractivity contribution >= 4 is 50.6 Å². The number of thioether (sulfide) groups is 1. The molecule has 1 unspecified atom stereocenters. The van der Waals surface area contributed by atoms with Crippen LogP contribution in [0.3, 0.4) is 0 Å². The van der Waals surface area contributed by atoms with Crippen molar-refractivity contribution in [3.63, 3.8) is 0 Å². The van der Waals surface area contributed by atoms with Crippen LogP contribution in [-0.2, 0) is 11.8 Å². The molecule has 0 radical (unpaired) electrons. The average Bonchev–Trinajstić information content (AvgIpc) is 3.32. The minimum absolute atomic E-state index is 0.0212. The summed E-state index contributed by atoms with van der Waals surface area (Å²) in [4.78, 5) is 31.5. The Kier molecular flexibility index (Phi) is 5.93. The summed E-state index contributed by atoms with van der Waals surface area (Å²) in [5, 5.41) is 17.1. The number of nitrogens with one attached hydrogen (secondary N) is 1. The molecule has 28 heavy (non-hydrogen) atoms. The van der Waals surface area contributed by atoms with Crippen LogP contribution < -0.4 is 10.9 Å². The van der Waals surface area contributed by atoms with Gasteiger partial charge in [-0.3, -0.25) is 14.2 Å². The fourth-order valence-corrected chi connectivity index (χ4v) is 5.13. The summed E-state index contributed by atoms with van der Waals surface area (Å²) in [6.45, 7) is 5.48. The summed E-state index contributed by atoms with van der Waals surface area (Å²) in [7, 11) is 1.67. The van der Waals surface area contributed by atoms with Crippen molar-refractivity contribution in [2.24, 2.45) is 13.0 Å². The van der Waals surface area contributed by atoms with Crippen molar-refractivity contribution < 1.29 is 4.79 Å². The molecule has 1 amide bonds. The molecule has 0 aliphatic carbocycles. The Balaban J connectivity index is 1.84. The van der Waals surface area contributed by atoms with Crippen LogP contribution >= 0.6 is 34.4 Å². The number of fused-ring (bicyclic) bond motifs is 1. The maximum absolute atomic E-state index is 12.9. The Hall–Kier alpha value is -2.15. The molecule has 3 heterocycles. The van der Waals surface area contributed by atoms with E-state index >= 15 is 0 Å². The van der Waals surface area contributed by atoms with E-state index in [-0.39, 0.29) is 23.1 Å². The molecule has 0 aliphatic heterocycles. The van der Waals surface area contributed by atoms with E-state index < -0.39 is 5.54 Å². The highest BCUT2D eigenvalue weighted by Gasteiger charge is 2.30. The number of amides is 1. The van der Waals surface area contributed by atoms with Crippen molar-refractivity contribution in [3.8, 4) is 16.5 Å². The molecule has 9 heteroatoms. The molecule has 3 aromatic heterocycles. The monoisotopic (exact) mass is 432 g/mol. The predicted octanol–water partition coefficient (Wildman–Crippen LogP) is 3.87. The Labute approximate surface area is 175 Å². The summed E-state index contributed by atoms with van der Waals surface area (Å²) >= 11 is 4.20. The normalized spacial score (nSPS) is 13.4. The van der Waals surface area contributed by atoms with Crippen LogP contribution in [0.5, 0.6) is 0 Å². The van der Waals surface area contributed by atoms with Gasteiger partial charge < -0.3 is 5.32 Å². The van der Waals surface area contributed by atoms with Crippen molar-refractivity contribution in [2.75, 3.05) is 5.75 Å². The molecule has 0 spiro atoms. The zero-order valence-corrected chi connectivity index (χ0v) is 18.4. The molecule has 0 aliphatic rings. The van der Waals surface area contributed by atoms with Crippen LogP contribution in [0.1, 0.15) is 20.8 Å². The van der Waals surface area contributed by atoms with Crippen LogP contribution in [0.25, 0.3) is 20.7 Å². The maximum atomic E-state index is 12.9. The lowest BCUT2D eigenvalue weighted by Gasteiger charge is -2.27. The number of nitriles is 1. The van der Waals surface area contributed by atoms with E-state index in [1.54, 1.807) is 25.3 Å². The minimum atomic E-state index is -0.926. The number of rotatable bonds is 6. The molecule has 0 bridgehead atoms. The first-order chi connectivity index (χ1) is 13.3. The highest BCUT2D eigenvalue weighted by Crippen LogP contribution is 2.34. The van der Waals surface area contributed by atoms with Crippen molar-refractivity contribution in [2.45, 2.75) is 31.5 Å². The lowest BCUT2D eigenvalue weighted by Crippen LogP contribution is -2.49. The zero-order chi connectivity index (χ0) is 20.5. The van der Waals surface area contributed by atoms with Crippen LogP contribution in [0.2, 0.25) is 0 Å². The predicted molar refractivity (Wildman–Crippen MR) is 116 cm³/mol. The Bertz CT molecular complexity index is 1110. The Morgan fingerprint density at radius 1 is 1.46 bits per heavy atom. The van der Waals surface area contributed by atoms with Gasteiger partial charge in [-0.15, -0.1) is 22.7 Å². The summed E-state index contributed by atoms with van der Waals surface area (Å²) in [6, 6.07) is 6.10. The molecular formula is C19H20N4O2S3. The van der Waals surface area contributed by atoms with Gasteiger partial charge in [0, 0.05) is 22.9 Å². The van der Waals surface area contributed by atoms with E-state index in [9.17, 15) is 14.9 Å². The number of hydrogen-bond donors (Lipinski definition) is 1. The zero-order valence-electron chi connectivity index (χ0n) is 16.0. The van der Waals surface area contributed by atoms with Crippen LogP contribution in [-0.4, -0.2) is 26.8 Å². The molecule has 3 rings (SSSR count). The second kappa shape index (κ2) is 8.07. The number of carbonyl (C=O) groups excluding carboxylic acids is 1. The van der Waals surface area contributed by atoms with E-state index in [4.69, 9.17) is 0 Å². The lowest BCUT2D eigenvalue weighted by molar-refractivity contribution is -0.120. The van der Waals surface area contributed by atoms with Gasteiger partial charge in [0.2, 0.25) is 5.91 Å². The highest BCUT2D eigenvalue weighted by molar-refractivity contribution is 7.99. The molecule has 0 aromatic carbocycles. The molecule has 0 saturated heterocycles. The van der Waals surface area contributed by atoms with Gasteiger partial charge in [0.1, 0.15) is 10.4 Å². The second-order valence-electron chi connectivity index (χ2n) is 6.87. The first-order valence-corrected chi connectivity index (χ1v) is 11.4. The SMILES string of the molecule is CC(C)C(C)(C#N)NC(=O)CSc1nc2scc(-c3cccs3)c2c(=O)n1C. The van der Waals surface area contributed by atoms with E-state index in [1.807, 2.05) is 36.7 Å². The first-order valence-electron chi connectivity index (χ1n) is 8.64. The quantitative estimate of drug-likeness (QED) is 0.472. The van der Waals surface area contributed by atoms with Crippen LogP contribution in [0.15, 0.2) is 32.8 Å². The summed E-state index contributed by atoms with van der Waals surface area (Å²) in [5.74, 6) is -0.200. The van der Waals surface area contributed by atoms with Crippen molar-refractivity contribution in [1.82, 2.24) is 14.9 Å².